The highest BCUT2D eigenvalue weighted by molar-refractivity contribution is 5.87. The average molecular weight is 568 g/mol. The van der Waals surface area contributed by atoms with Gasteiger partial charge in [-0.3, -0.25) is 14.6 Å². The van der Waals surface area contributed by atoms with Gasteiger partial charge in [-0.2, -0.15) is 5.26 Å². The number of carbonyl (C=O) groups is 2. The smallest absolute Gasteiger partial charge is 0.411 e. The Morgan fingerprint density at radius 2 is 2.00 bits per heavy atom. The summed E-state index contributed by atoms with van der Waals surface area (Å²) in [7, 11) is 0. The molecule has 4 aliphatic heterocycles. The van der Waals surface area contributed by atoms with Crippen molar-refractivity contribution < 1.29 is 23.5 Å². The zero-order valence-corrected chi connectivity index (χ0v) is 24.4. The van der Waals surface area contributed by atoms with Gasteiger partial charge in [-0.05, 0) is 89.0 Å². The Bertz CT molecular complexity index is 1210. The van der Waals surface area contributed by atoms with Crippen LogP contribution in [0.15, 0.2) is 18.2 Å². The van der Waals surface area contributed by atoms with Gasteiger partial charge in [0.2, 0.25) is 5.91 Å². The number of amides is 2. The van der Waals surface area contributed by atoms with E-state index >= 15 is 4.39 Å². The van der Waals surface area contributed by atoms with Crippen LogP contribution in [0.5, 0.6) is 0 Å². The van der Waals surface area contributed by atoms with Crippen LogP contribution in [0.3, 0.4) is 0 Å². The Balaban J connectivity index is 1.08. The predicted molar refractivity (Wildman–Crippen MR) is 151 cm³/mol. The highest BCUT2D eigenvalue weighted by Gasteiger charge is 2.52. The van der Waals surface area contributed by atoms with E-state index in [2.05, 4.69) is 21.2 Å². The van der Waals surface area contributed by atoms with Crippen molar-refractivity contribution in [2.45, 2.75) is 95.1 Å². The largest absolute Gasteiger partial charge is 0.444 e. The normalized spacial score (nSPS) is 31.8. The van der Waals surface area contributed by atoms with E-state index < -0.39 is 23.8 Å². The number of hydrogen-bond donors (Lipinski definition) is 1. The quantitative estimate of drug-likeness (QED) is 0.562. The molecule has 1 aromatic rings. The third kappa shape index (κ3) is 5.63. The molecule has 0 spiro atoms. The standard InChI is InChI=1S/C31H42FN5O4/c1-31(2,3)41-30(39)37-24-7-5-20(13-24)28(37)29(38)34-22(15-33)12-19-4-6-23(14-26(19)32)35-16-21-8-10-36(27(21)17-35)25-9-11-40-18-25/h4,6,14,20-22,24-25,27-28H,5,7-13,16-18H2,1-3H3,(H,34,38). The fraction of sp³-hybridized carbons (Fsp3) is 0.710. The van der Waals surface area contributed by atoms with Crippen molar-refractivity contribution in [2.24, 2.45) is 11.8 Å². The zero-order valence-electron chi connectivity index (χ0n) is 24.4. The first-order valence-electron chi connectivity index (χ1n) is 15.2. The van der Waals surface area contributed by atoms with Crippen molar-refractivity contribution in [2.75, 3.05) is 37.7 Å². The van der Waals surface area contributed by atoms with Crippen LogP contribution in [0.4, 0.5) is 14.9 Å². The number of carbonyl (C=O) groups excluding carboxylic acids is 2. The summed E-state index contributed by atoms with van der Waals surface area (Å²) in [6.07, 6.45) is 4.28. The summed E-state index contributed by atoms with van der Waals surface area (Å²) in [5.41, 5.74) is 0.578. The van der Waals surface area contributed by atoms with Crippen molar-refractivity contribution >= 4 is 17.7 Å². The SMILES string of the molecule is CC(C)(C)OC(=O)N1C2CCC(C2)C1C(=O)NC(C#N)Cc1ccc(N2CC3CCN(C4CCOC4)C3C2)cc1F. The summed E-state index contributed by atoms with van der Waals surface area (Å²) in [6.45, 7) is 9.97. The van der Waals surface area contributed by atoms with Crippen molar-refractivity contribution in [1.82, 2.24) is 15.1 Å². The van der Waals surface area contributed by atoms with Gasteiger partial charge < -0.3 is 19.7 Å². The Kier molecular flexibility index (Phi) is 7.62. The number of rotatable bonds is 6. The van der Waals surface area contributed by atoms with Crippen molar-refractivity contribution in [1.29, 1.82) is 5.26 Å². The predicted octanol–water partition coefficient (Wildman–Crippen LogP) is 3.46. The lowest BCUT2D eigenvalue weighted by Gasteiger charge is -2.35. The van der Waals surface area contributed by atoms with Crippen molar-refractivity contribution in [3.05, 3.63) is 29.6 Å². The lowest BCUT2D eigenvalue weighted by Crippen LogP contribution is -2.55. The summed E-state index contributed by atoms with van der Waals surface area (Å²) < 4.78 is 26.6. The Morgan fingerprint density at radius 1 is 1.17 bits per heavy atom. The topological polar surface area (TPSA) is 98.1 Å². The minimum Gasteiger partial charge on any atom is -0.444 e. The summed E-state index contributed by atoms with van der Waals surface area (Å²) in [5, 5.41) is 12.7. The van der Waals surface area contributed by atoms with E-state index in [-0.39, 0.29) is 30.1 Å². The lowest BCUT2D eigenvalue weighted by molar-refractivity contribution is -0.128. The van der Waals surface area contributed by atoms with E-state index in [1.165, 1.54) is 0 Å². The van der Waals surface area contributed by atoms with E-state index in [1.54, 1.807) is 37.8 Å². The summed E-state index contributed by atoms with van der Waals surface area (Å²) in [4.78, 5) is 32.8. The fourth-order valence-corrected chi connectivity index (χ4v) is 7.85. The molecule has 1 N–H and O–H groups in total. The average Bonchev–Trinajstić information content (AvgIpc) is 3.73. The molecule has 10 heteroatoms. The second-order valence-corrected chi connectivity index (χ2v) is 13.5. The van der Waals surface area contributed by atoms with Gasteiger partial charge in [0.25, 0.3) is 0 Å². The van der Waals surface area contributed by atoms with Crippen LogP contribution in [-0.2, 0) is 20.7 Å². The van der Waals surface area contributed by atoms with Crippen LogP contribution in [-0.4, -0.2) is 90.5 Å². The number of nitrogens with zero attached hydrogens (tertiary/aromatic N) is 4. The molecule has 222 valence electrons. The molecule has 6 rings (SSSR count). The molecule has 4 heterocycles. The third-order valence-electron chi connectivity index (χ3n) is 9.72. The summed E-state index contributed by atoms with van der Waals surface area (Å²) in [5.74, 6) is -0.111. The maximum Gasteiger partial charge on any atom is 0.411 e. The van der Waals surface area contributed by atoms with Gasteiger partial charge in [-0.15, -0.1) is 0 Å². The molecule has 41 heavy (non-hydrogen) atoms. The number of likely N-dealkylation sites (tertiary alicyclic amines) is 2. The zero-order chi connectivity index (χ0) is 28.9. The molecular formula is C31H42FN5O4. The van der Waals surface area contributed by atoms with Crippen LogP contribution in [0.25, 0.3) is 0 Å². The van der Waals surface area contributed by atoms with Gasteiger partial charge in [0.15, 0.2) is 0 Å². The molecule has 0 aromatic heterocycles. The molecule has 1 aliphatic carbocycles. The minimum absolute atomic E-state index is 0.0279. The molecule has 5 aliphatic rings. The Morgan fingerprint density at radius 3 is 2.71 bits per heavy atom. The molecule has 1 saturated carbocycles. The highest BCUT2D eigenvalue weighted by Crippen LogP contribution is 2.43. The maximum absolute atomic E-state index is 15.4. The molecule has 5 fully saturated rings. The van der Waals surface area contributed by atoms with Crippen LogP contribution in [0, 0.1) is 29.0 Å². The minimum atomic E-state index is -0.907. The number of hydrogen-bond acceptors (Lipinski definition) is 7. The number of benzene rings is 1. The number of anilines is 1. The molecule has 9 nitrogen and oxygen atoms in total. The molecule has 0 radical (unpaired) electrons. The summed E-state index contributed by atoms with van der Waals surface area (Å²) >= 11 is 0. The second kappa shape index (κ2) is 11.1. The van der Waals surface area contributed by atoms with Gasteiger partial charge in [0.1, 0.15) is 23.5 Å². The van der Waals surface area contributed by atoms with Gasteiger partial charge in [-0.1, -0.05) is 6.07 Å². The third-order valence-corrected chi connectivity index (χ3v) is 9.72. The van der Waals surface area contributed by atoms with Crippen LogP contribution < -0.4 is 10.2 Å². The van der Waals surface area contributed by atoms with E-state index in [0.29, 0.717) is 23.6 Å². The van der Waals surface area contributed by atoms with Crippen molar-refractivity contribution in [3.8, 4) is 6.07 Å². The number of piperidine rings is 1. The number of nitriles is 1. The van der Waals surface area contributed by atoms with E-state index in [4.69, 9.17) is 9.47 Å². The molecular weight excluding hydrogens is 525 g/mol. The van der Waals surface area contributed by atoms with Crippen LogP contribution in [0.1, 0.15) is 58.4 Å². The molecule has 4 saturated heterocycles. The van der Waals surface area contributed by atoms with Gasteiger partial charge in [-0.25, -0.2) is 9.18 Å². The molecule has 2 bridgehead atoms. The van der Waals surface area contributed by atoms with Crippen LogP contribution in [0.2, 0.25) is 0 Å². The Hall–Kier alpha value is -2.90. The lowest BCUT2D eigenvalue weighted by atomic mass is 9.97. The number of halogens is 1. The van der Waals surface area contributed by atoms with Crippen LogP contribution >= 0.6 is 0 Å². The van der Waals surface area contributed by atoms with E-state index in [1.807, 2.05) is 6.07 Å². The van der Waals surface area contributed by atoms with Gasteiger partial charge in [0, 0.05) is 49.9 Å². The van der Waals surface area contributed by atoms with Gasteiger partial charge >= 0.3 is 6.09 Å². The first-order valence-corrected chi connectivity index (χ1v) is 15.2. The van der Waals surface area contributed by atoms with E-state index in [9.17, 15) is 14.9 Å². The maximum atomic E-state index is 15.4. The number of ether oxygens (including phenoxy) is 2. The first kappa shape index (κ1) is 28.2. The summed E-state index contributed by atoms with van der Waals surface area (Å²) in [6, 6.07) is 6.73. The van der Waals surface area contributed by atoms with Gasteiger partial charge in [0.05, 0.1) is 12.7 Å². The van der Waals surface area contributed by atoms with Crippen molar-refractivity contribution in [3.63, 3.8) is 0 Å². The second-order valence-electron chi connectivity index (χ2n) is 13.5. The molecule has 7 atom stereocenters. The molecule has 1 aromatic carbocycles. The van der Waals surface area contributed by atoms with E-state index in [0.717, 1.165) is 70.6 Å². The Labute approximate surface area is 241 Å². The fourth-order valence-electron chi connectivity index (χ4n) is 7.85. The molecule has 2 amide bonds. The highest BCUT2D eigenvalue weighted by atomic mass is 19.1. The number of fused-ring (bicyclic) bond motifs is 3. The monoisotopic (exact) mass is 567 g/mol. The molecule has 7 unspecified atom stereocenters. The number of nitrogens with one attached hydrogen (secondary N) is 1. The first-order chi connectivity index (χ1) is 19.6.